The van der Waals surface area contributed by atoms with Gasteiger partial charge >= 0.3 is 0 Å². The molecule has 8 heteroatoms. The molecule has 1 atom stereocenters. The van der Waals surface area contributed by atoms with Crippen LogP contribution in [0, 0.1) is 0 Å². The maximum atomic E-state index is 13.4. The van der Waals surface area contributed by atoms with Crippen molar-refractivity contribution >= 4 is 23.3 Å². The number of halogens is 1. The molecule has 4 rings (SSSR count). The van der Waals surface area contributed by atoms with Crippen LogP contribution < -0.4 is 4.74 Å². The molecule has 2 aromatic carbocycles. The number of hydrogen-bond acceptors (Lipinski definition) is 6. The summed E-state index contributed by atoms with van der Waals surface area (Å²) in [4.78, 5) is 30.3. The summed E-state index contributed by atoms with van der Waals surface area (Å²) < 4.78 is 10.7. The summed E-state index contributed by atoms with van der Waals surface area (Å²) in [5.41, 5.74) is 1.11. The maximum Gasteiger partial charge on any atom is 0.290 e. The lowest BCUT2D eigenvalue weighted by Crippen LogP contribution is -2.43. The van der Waals surface area contributed by atoms with Gasteiger partial charge in [0.15, 0.2) is 11.5 Å². The highest BCUT2D eigenvalue weighted by atomic mass is 35.5. The number of nitrogens with zero attached hydrogens (tertiary/aromatic N) is 2. The molecule has 0 radical (unpaired) electrons. The number of rotatable bonds is 7. The smallest absolute Gasteiger partial charge is 0.290 e. The van der Waals surface area contributed by atoms with Crippen molar-refractivity contribution in [2.75, 3.05) is 46.5 Å². The van der Waals surface area contributed by atoms with E-state index in [0.717, 1.165) is 13.1 Å². The number of carbonyl (C=O) groups excluding carboxylic acids is 2. The molecule has 7 nitrogen and oxygen atoms in total. The van der Waals surface area contributed by atoms with Crippen molar-refractivity contribution in [2.24, 2.45) is 0 Å². The first-order valence-electron chi connectivity index (χ1n) is 10.5. The van der Waals surface area contributed by atoms with Gasteiger partial charge in [0.2, 0.25) is 0 Å². The van der Waals surface area contributed by atoms with Gasteiger partial charge < -0.3 is 19.5 Å². The normalized spacial score (nSPS) is 19.5. The van der Waals surface area contributed by atoms with Gasteiger partial charge in [-0.2, -0.15) is 0 Å². The van der Waals surface area contributed by atoms with E-state index >= 15 is 0 Å². The fraction of sp³-hybridized carbons (Fsp3) is 0.333. The Morgan fingerprint density at radius 1 is 1.16 bits per heavy atom. The summed E-state index contributed by atoms with van der Waals surface area (Å²) >= 11 is 5.96. The zero-order valence-corrected chi connectivity index (χ0v) is 18.5. The lowest BCUT2D eigenvalue weighted by molar-refractivity contribution is -0.129. The van der Waals surface area contributed by atoms with Gasteiger partial charge in [0.1, 0.15) is 5.75 Å². The number of carbonyl (C=O) groups is 2. The van der Waals surface area contributed by atoms with E-state index in [4.69, 9.17) is 21.1 Å². The number of hydrogen-bond donors (Lipinski definition) is 1. The van der Waals surface area contributed by atoms with Crippen molar-refractivity contribution in [3.63, 3.8) is 0 Å². The summed E-state index contributed by atoms with van der Waals surface area (Å²) in [5, 5.41) is 11.3. The number of amides is 1. The number of methoxy groups -OCH3 is 1. The van der Waals surface area contributed by atoms with Crippen LogP contribution >= 0.6 is 11.6 Å². The number of ketones is 1. The first-order chi connectivity index (χ1) is 15.5. The molecular formula is C24H25ClN2O5. The number of ether oxygens (including phenoxy) is 2. The second kappa shape index (κ2) is 9.73. The van der Waals surface area contributed by atoms with Gasteiger partial charge in [-0.05, 0) is 42.0 Å². The Labute approximate surface area is 191 Å². The summed E-state index contributed by atoms with van der Waals surface area (Å²) in [6.45, 7) is 3.84. The average molecular weight is 457 g/mol. The van der Waals surface area contributed by atoms with E-state index in [1.165, 1.54) is 0 Å². The molecule has 2 aromatic rings. The summed E-state index contributed by atoms with van der Waals surface area (Å²) in [7, 11) is 1.56. The van der Waals surface area contributed by atoms with Crippen LogP contribution in [0.4, 0.5) is 0 Å². The molecule has 32 heavy (non-hydrogen) atoms. The molecule has 1 fully saturated rings. The van der Waals surface area contributed by atoms with E-state index in [1.807, 2.05) is 6.07 Å². The Kier molecular flexibility index (Phi) is 6.79. The maximum absolute atomic E-state index is 13.4. The number of morpholine rings is 1. The molecule has 168 valence electrons. The van der Waals surface area contributed by atoms with Crippen LogP contribution in [-0.2, 0) is 9.53 Å². The van der Waals surface area contributed by atoms with Crippen LogP contribution in [0.25, 0.3) is 0 Å². The highest BCUT2D eigenvalue weighted by molar-refractivity contribution is 6.30. The van der Waals surface area contributed by atoms with Crippen LogP contribution in [0.2, 0.25) is 5.02 Å². The second-order valence-electron chi connectivity index (χ2n) is 7.73. The summed E-state index contributed by atoms with van der Waals surface area (Å²) in [5.74, 6) is -0.870. The second-order valence-corrected chi connectivity index (χ2v) is 8.17. The molecule has 1 saturated heterocycles. The topological polar surface area (TPSA) is 79.3 Å². The minimum atomic E-state index is -0.721. The van der Waals surface area contributed by atoms with Crippen molar-refractivity contribution < 1.29 is 24.2 Å². The molecule has 0 aromatic heterocycles. The van der Waals surface area contributed by atoms with Crippen LogP contribution in [0.3, 0.4) is 0 Å². The van der Waals surface area contributed by atoms with Gasteiger partial charge in [0, 0.05) is 36.8 Å². The Balaban J connectivity index is 1.69. The molecule has 2 heterocycles. The molecule has 1 unspecified atom stereocenters. The Bertz CT molecular complexity index is 1030. The molecule has 0 bridgehead atoms. The Hall–Kier alpha value is -2.87. The number of aliphatic hydroxyl groups is 1. The predicted octanol–water partition coefficient (Wildman–Crippen LogP) is 3.26. The number of benzene rings is 2. The van der Waals surface area contributed by atoms with Crippen molar-refractivity contribution in [1.82, 2.24) is 9.80 Å². The number of Topliss-reactive ketones (excluding diaryl/α,β-unsaturated/α-hetero) is 1. The number of aliphatic hydroxyl groups excluding tert-OH is 1. The fourth-order valence-electron chi connectivity index (χ4n) is 4.11. The Morgan fingerprint density at radius 3 is 2.56 bits per heavy atom. The lowest BCUT2D eigenvalue weighted by Gasteiger charge is -2.31. The molecule has 1 amide bonds. The molecular weight excluding hydrogens is 432 g/mol. The third kappa shape index (κ3) is 4.50. The zero-order valence-electron chi connectivity index (χ0n) is 17.8. The predicted molar refractivity (Wildman–Crippen MR) is 120 cm³/mol. The van der Waals surface area contributed by atoms with Crippen LogP contribution in [0.1, 0.15) is 22.0 Å². The average Bonchev–Trinajstić information content (AvgIpc) is 3.08. The monoisotopic (exact) mass is 456 g/mol. The molecule has 2 aliphatic rings. The lowest BCUT2D eigenvalue weighted by atomic mass is 9.92. The fourth-order valence-corrected chi connectivity index (χ4v) is 4.23. The SMILES string of the molecule is COc1cccc(C2C(C(=O)c3ccc(Cl)cc3)=C(O)C(=O)N2CCN2CCOCC2)c1. The van der Waals surface area contributed by atoms with E-state index in [-0.39, 0.29) is 5.57 Å². The van der Waals surface area contributed by atoms with Crippen molar-refractivity contribution in [3.05, 3.63) is 76.0 Å². The van der Waals surface area contributed by atoms with Gasteiger partial charge in [-0.15, -0.1) is 0 Å². The standard InChI is InChI=1S/C24H25ClN2O5/c1-31-19-4-2-3-17(15-19)21-20(22(28)16-5-7-18(25)8-6-16)23(29)24(30)27(21)10-9-26-11-13-32-14-12-26/h2-8,15,21,29H,9-14H2,1H3. The van der Waals surface area contributed by atoms with Crippen LogP contribution in [-0.4, -0.2) is 73.1 Å². The molecule has 0 spiro atoms. The largest absolute Gasteiger partial charge is 0.503 e. The van der Waals surface area contributed by atoms with Crippen molar-refractivity contribution in [3.8, 4) is 5.75 Å². The van der Waals surface area contributed by atoms with Gasteiger partial charge in [-0.3, -0.25) is 14.5 Å². The quantitative estimate of drug-likeness (QED) is 0.644. The van der Waals surface area contributed by atoms with Crippen LogP contribution in [0.5, 0.6) is 5.75 Å². The summed E-state index contributed by atoms with van der Waals surface area (Å²) in [6.07, 6.45) is 0. The molecule has 0 aliphatic carbocycles. The minimum absolute atomic E-state index is 0.0625. The molecule has 1 N–H and O–H groups in total. The first-order valence-corrected chi connectivity index (χ1v) is 10.9. The highest BCUT2D eigenvalue weighted by Crippen LogP contribution is 2.39. The minimum Gasteiger partial charge on any atom is -0.503 e. The summed E-state index contributed by atoms with van der Waals surface area (Å²) in [6, 6.07) is 12.9. The third-order valence-electron chi connectivity index (χ3n) is 5.83. The van der Waals surface area contributed by atoms with E-state index in [2.05, 4.69) is 4.90 Å². The zero-order chi connectivity index (χ0) is 22.7. The van der Waals surface area contributed by atoms with Gasteiger partial charge in [0.05, 0.1) is 31.9 Å². The third-order valence-corrected chi connectivity index (χ3v) is 6.08. The van der Waals surface area contributed by atoms with Gasteiger partial charge in [-0.25, -0.2) is 0 Å². The van der Waals surface area contributed by atoms with Gasteiger partial charge in [-0.1, -0.05) is 23.7 Å². The van der Waals surface area contributed by atoms with E-state index < -0.39 is 23.5 Å². The van der Waals surface area contributed by atoms with E-state index in [1.54, 1.807) is 54.5 Å². The highest BCUT2D eigenvalue weighted by Gasteiger charge is 2.43. The van der Waals surface area contributed by atoms with Crippen molar-refractivity contribution in [1.29, 1.82) is 0 Å². The molecule has 0 saturated carbocycles. The van der Waals surface area contributed by atoms with Crippen molar-refractivity contribution in [2.45, 2.75) is 6.04 Å². The Morgan fingerprint density at radius 2 is 1.88 bits per heavy atom. The molecule has 2 aliphatic heterocycles. The van der Waals surface area contributed by atoms with Gasteiger partial charge in [0.25, 0.3) is 5.91 Å². The van der Waals surface area contributed by atoms with Crippen LogP contribution in [0.15, 0.2) is 59.9 Å². The van der Waals surface area contributed by atoms with E-state index in [0.29, 0.717) is 48.2 Å². The first kappa shape index (κ1) is 22.3. The van der Waals surface area contributed by atoms with E-state index in [9.17, 15) is 14.7 Å².